The van der Waals surface area contributed by atoms with E-state index in [1.807, 2.05) is 0 Å². The van der Waals surface area contributed by atoms with Gasteiger partial charge in [-0.3, -0.25) is 0 Å². The molecule has 2 rings (SSSR count). The molecule has 2 atom stereocenters. The first kappa shape index (κ1) is 13.0. The molecule has 0 aliphatic heterocycles. The highest BCUT2D eigenvalue weighted by Crippen LogP contribution is 2.33. The highest BCUT2D eigenvalue weighted by Gasteiger charge is 2.19. The summed E-state index contributed by atoms with van der Waals surface area (Å²) in [6.45, 7) is 3.05. The molecule has 0 bridgehead atoms. The minimum atomic E-state index is 0.664. The fourth-order valence-corrected chi connectivity index (χ4v) is 4.13. The molecule has 0 saturated heterocycles. The van der Waals surface area contributed by atoms with Crippen LogP contribution in [0.3, 0.4) is 0 Å². The molecular weight excluding hydrogens is 226 g/mol. The van der Waals surface area contributed by atoms with Crippen LogP contribution in [-0.4, -0.2) is 5.25 Å². The summed E-state index contributed by atoms with van der Waals surface area (Å²) in [4.78, 5) is 0. The summed E-state index contributed by atoms with van der Waals surface area (Å²) in [5.41, 5.74) is 8.51. The lowest BCUT2D eigenvalue weighted by Gasteiger charge is -2.26. The molecule has 17 heavy (non-hydrogen) atoms. The summed E-state index contributed by atoms with van der Waals surface area (Å²) in [7, 11) is 0. The largest absolute Gasteiger partial charge is 0.326 e. The number of nitrogens with two attached hydrogens (primary N) is 1. The van der Waals surface area contributed by atoms with E-state index in [1.54, 1.807) is 0 Å². The van der Waals surface area contributed by atoms with Crippen molar-refractivity contribution in [3.8, 4) is 0 Å². The van der Waals surface area contributed by atoms with E-state index in [9.17, 15) is 0 Å². The van der Waals surface area contributed by atoms with E-state index in [0.29, 0.717) is 6.54 Å². The molecule has 2 N–H and O–H groups in total. The van der Waals surface area contributed by atoms with Crippen LogP contribution >= 0.6 is 11.8 Å². The minimum Gasteiger partial charge on any atom is -0.326 e. The normalized spacial score (nSPS) is 24.8. The van der Waals surface area contributed by atoms with Gasteiger partial charge in [0, 0.05) is 17.5 Å². The molecule has 0 radical (unpaired) electrons. The van der Waals surface area contributed by atoms with Gasteiger partial charge in [0.25, 0.3) is 0 Å². The molecule has 1 nitrogen and oxygen atoms in total. The second-order valence-electron chi connectivity index (χ2n) is 5.18. The molecule has 2 unspecified atom stereocenters. The highest BCUT2D eigenvalue weighted by molar-refractivity contribution is 7.99. The Kier molecular flexibility index (Phi) is 4.93. The van der Waals surface area contributed by atoms with Crippen molar-refractivity contribution in [2.24, 2.45) is 11.7 Å². The Bertz CT molecular complexity index is 351. The number of rotatable bonds is 4. The Morgan fingerprint density at radius 2 is 2.00 bits per heavy atom. The molecule has 2 heteroatoms. The molecule has 0 heterocycles. The van der Waals surface area contributed by atoms with E-state index in [1.165, 1.54) is 36.8 Å². The second kappa shape index (κ2) is 6.46. The number of benzene rings is 1. The van der Waals surface area contributed by atoms with Crippen LogP contribution in [0.5, 0.6) is 0 Å². The van der Waals surface area contributed by atoms with Gasteiger partial charge in [0.1, 0.15) is 0 Å². The lowest BCUT2D eigenvalue weighted by molar-refractivity contribution is 0.394. The first-order chi connectivity index (χ1) is 8.29. The number of thioether (sulfide) groups is 1. The maximum absolute atomic E-state index is 5.77. The van der Waals surface area contributed by atoms with Crippen LogP contribution in [0.25, 0.3) is 0 Å². The summed E-state index contributed by atoms with van der Waals surface area (Å²) in [6.07, 6.45) is 5.64. The Labute approximate surface area is 109 Å². The van der Waals surface area contributed by atoms with Crippen molar-refractivity contribution in [2.75, 3.05) is 0 Å². The summed E-state index contributed by atoms with van der Waals surface area (Å²) in [5.74, 6) is 2.05. The third-order valence-corrected chi connectivity index (χ3v) is 5.08. The van der Waals surface area contributed by atoms with Crippen molar-refractivity contribution in [3.05, 3.63) is 35.4 Å². The highest BCUT2D eigenvalue weighted by atomic mass is 32.2. The third-order valence-electron chi connectivity index (χ3n) is 3.70. The quantitative estimate of drug-likeness (QED) is 0.874. The van der Waals surface area contributed by atoms with Gasteiger partial charge < -0.3 is 5.73 Å². The zero-order chi connectivity index (χ0) is 12.1. The smallest absolute Gasteiger partial charge is 0.0190 e. The predicted molar refractivity (Wildman–Crippen MR) is 77.0 cm³/mol. The van der Waals surface area contributed by atoms with Gasteiger partial charge in [-0.1, -0.05) is 44.0 Å². The molecule has 1 aliphatic rings. The maximum Gasteiger partial charge on any atom is 0.0190 e. The molecule has 0 spiro atoms. The Morgan fingerprint density at radius 3 is 2.71 bits per heavy atom. The van der Waals surface area contributed by atoms with Crippen LogP contribution in [0, 0.1) is 5.92 Å². The summed E-state index contributed by atoms with van der Waals surface area (Å²) >= 11 is 2.13. The van der Waals surface area contributed by atoms with Crippen molar-refractivity contribution in [2.45, 2.75) is 50.2 Å². The number of hydrogen-bond acceptors (Lipinski definition) is 2. The van der Waals surface area contributed by atoms with Crippen molar-refractivity contribution in [1.29, 1.82) is 0 Å². The summed E-state index contributed by atoms with van der Waals surface area (Å²) in [6, 6.07) is 8.58. The molecule has 1 aliphatic carbocycles. The van der Waals surface area contributed by atoms with E-state index < -0.39 is 0 Å². The van der Waals surface area contributed by atoms with Crippen LogP contribution in [0.1, 0.15) is 43.7 Å². The monoisotopic (exact) mass is 249 g/mol. The first-order valence-corrected chi connectivity index (χ1v) is 7.73. The van der Waals surface area contributed by atoms with Crippen LogP contribution in [-0.2, 0) is 12.3 Å². The molecule has 1 saturated carbocycles. The standard InChI is InChI=1S/C15H23NS/c1-12-5-4-8-15(9-12)17-11-14-7-3-2-6-13(14)10-16/h2-3,6-7,12,15H,4-5,8-11,16H2,1H3. The minimum absolute atomic E-state index is 0.664. The summed E-state index contributed by atoms with van der Waals surface area (Å²) < 4.78 is 0. The average molecular weight is 249 g/mol. The topological polar surface area (TPSA) is 26.0 Å². The van der Waals surface area contributed by atoms with Crippen molar-refractivity contribution in [1.82, 2.24) is 0 Å². The SMILES string of the molecule is CC1CCCC(SCc2ccccc2CN)C1. The molecule has 1 aromatic rings. The van der Waals surface area contributed by atoms with Crippen LogP contribution in [0.15, 0.2) is 24.3 Å². The Morgan fingerprint density at radius 1 is 1.24 bits per heavy atom. The summed E-state index contributed by atoms with van der Waals surface area (Å²) in [5, 5.41) is 0.865. The lowest BCUT2D eigenvalue weighted by Crippen LogP contribution is -2.15. The van der Waals surface area contributed by atoms with E-state index >= 15 is 0 Å². The van der Waals surface area contributed by atoms with Gasteiger partial charge in [0.2, 0.25) is 0 Å². The molecule has 1 aromatic carbocycles. The van der Waals surface area contributed by atoms with Gasteiger partial charge in [-0.05, 0) is 29.9 Å². The molecule has 94 valence electrons. The van der Waals surface area contributed by atoms with E-state index in [0.717, 1.165) is 16.9 Å². The van der Waals surface area contributed by atoms with Gasteiger partial charge in [-0.2, -0.15) is 11.8 Å². The maximum atomic E-state index is 5.77. The van der Waals surface area contributed by atoms with Gasteiger partial charge >= 0.3 is 0 Å². The van der Waals surface area contributed by atoms with E-state index in [-0.39, 0.29) is 0 Å². The van der Waals surface area contributed by atoms with Crippen LogP contribution in [0.4, 0.5) is 0 Å². The van der Waals surface area contributed by atoms with E-state index in [4.69, 9.17) is 5.73 Å². The molecular formula is C15H23NS. The zero-order valence-corrected chi connectivity index (χ0v) is 11.5. The fraction of sp³-hybridized carbons (Fsp3) is 0.600. The fourth-order valence-electron chi connectivity index (χ4n) is 2.63. The Hall–Kier alpha value is -0.470. The molecule has 0 amide bonds. The van der Waals surface area contributed by atoms with Gasteiger partial charge in [-0.15, -0.1) is 0 Å². The molecule has 0 aromatic heterocycles. The van der Waals surface area contributed by atoms with E-state index in [2.05, 4.69) is 43.0 Å². The van der Waals surface area contributed by atoms with Gasteiger partial charge in [-0.25, -0.2) is 0 Å². The Balaban J connectivity index is 1.88. The van der Waals surface area contributed by atoms with Crippen molar-refractivity contribution < 1.29 is 0 Å². The first-order valence-electron chi connectivity index (χ1n) is 6.68. The third kappa shape index (κ3) is 3.75. The predicted octanol–water partition coefficient (Wildman–Crippen LogP) is 3.96. The lowest BCUT2D eigenvalue weighted by atomic mass is 9.91. The van der Waals surface area contributed by atoms with Gasteiger partial charge in [0.05, 0.1) is 0 Å². The zero-order valence-electron chi connectivity index (χ0n) is 10.7. The molecule has 1 fully saturated rings. The second-order valence-corrected chi connectivity index (χ2v) is 6.47. The van der Waals surface area contributed by atoms with Gasteiger partial charge in [0.15, 0.2) is 0 Å². The van der Waals surface area contributed by atoms with Crippen molar-refractivity contribution in [3.63, 3.8) is 0 Å². The number of hydrogen-bond donors (Lipinski definition) is 1. The van der Waals surface area contributed by atoms with Crippen LogP contribution < -0.4 is 5.73 Å². The average Bonchev–Trinajstić information content (AvgIpc) is 2.37. The van der Waals surface area contributed by atoms with Crippen molar-refractivity contribution >= 4 is 11.8 Å². The van der Waals surface area contributed by atoms with Crippen LogP contribution in [0.2, 0.25) is 0 Å².